The Morgan fingerprint density at radius 3 is 2.67 bits per heavy atom. The van der Waals surface area contributed by atoms with E-state index < -0.39 is 5.91 Å². The van der Waals surface area contributed by atoms with Gasteiger partial charge in [0.1, 0.15) is 5.56 Å². The molecule has 0 atom stereocenters. The Morgan fingerprint density at radius 2 is 2.06 bits per heavy atom. The fraction of sp³-hybridized carbons (Fsp3) is 0.167. The number of para-hydroxylation sites is 2. The van der Waals surface area contributed by atoms with Crippen LogP contribution in [0.4, 0.5) is 5.69 Å². The van der Waals surface area contributed by atoms with Crippen LogP contribution in [0.1, 0.15) is 16.1 Å². The number of hydrogen-bond donors (Lipinski definition) is 2. The van der Waals surface area contributed by atoms with Gasteiger partial charge in [0.2, 0.25) is 5.88 Å². The highest BCUT2D eigenvalue weighted by molar-refractivity contribution is 5.96. The Balaban J connectivity index is 2.47. The molecule has 94 valence electrons. The number of primary amides is 1. The fourth-order valence-electron chi connectivity index (χ4n) is 1.72. The van der Waals surface area contributed by atoms with Crippen molar-refractivity contribution in [2.75, 3.05) is 5.73 Å². The molecule has 0 aliphatic carbocycles. The molecule has 4 N–H and O–H groups in total. The van der Waals surface area contributed by atoms with Crippen LogP contribution in [0.15, 0.2) is 24.3 Å². The maximum atomic E-state index is 11.4. The molecule has 6 nitrogen and oxygen atoms in total. The highest BCUT2D eigenvalue weighted by Gasteiger charge is 2.20. The summed E-state index contributed by atoms with van der Waals surface area (Å²) in [6, 6.07) is 7.01. The Hall–Kier alpha value is -2.50. The number of carbonyl (C=O) groups is 1. The summed E-state index contributed by atoms with van der Waals surface area (Å²) in [5, 5.41) is 4.11. The Morgan fingerprint density at radius 1 is 1.39 bits per heavy atom. The number of hydrogen-bond acceptors (Lipinski definition) is 4. The van der Waals surface area contributed by atoms with E-state index in [1.54, 1.807) is 38.2 Å². The van der Waals surface area contributed by atoms with E-state index in [9.17, 15) is 4.79 Å². The van der Waals surface area contributed by atoms with Crippen molar-refractivity contribution < 1.29 is 9.53 Å². The van der Waals surface area contributed by atoms with Crippen LogP contribution < -0.4 is 16.2 Å². The van der Waals surface area contributed by atoms with Crippen molar-refractivity contribution in [3.63, 3.8) is 0 Å². The molecule has 2 aromatic rings. The number of amides is 1. The average molecular weight is 246 g/mol. The van der Waals surface area contributed by atoms with E-state index in [0.717, 1.165) is 0 Å². The minimum atomic E-state index is -0.579. The Bertz CT molecular complexity index is 604. The van der Waals surface area contributed by atoms with Gasteiger partial charge < -0.3 is 16.2 Å². The summed E-state index contributed by atoms with van der Waals surface area (Å²) in [5.41, 5.74) is 12.4. The second-order valence-corrected chi connectivity index (χ2v) is 3.89. The summed E-state index contributed by atoms with van der Waals surface area (Å²) in [7, 11) is 1.67. The maximum Gasteiger partial charge on any atom is 0.256 e. The number of nitrogen functional groups attached to an aromatic ring is 1. The lowest BCUT2D eigenvalue weighted by Gasteiger charge is -2.09. The van der Waals surface area contributed by atoms with Crippen molar-refractivity contribution in [2.45, 2.75) is 6.92 Å². The van der Waals surface area contributed by atoms with Gasteiger partial charge in [0.05, 0.1) is 11.4 Å². The molecule has 0 bridgehead atoms. The van der Waals surface area contributed by atoms with E-state index in [2.05, 4.69) is 5.10 Å². The molecule has 18 heavy (non-hydrogen) atoms. The highest BCUT2D eigenvalue weighted by atomic mass is 16.5. The lowest BCUT2D eigenvalue weighted by atomic mass is 10.2. The van der Waals surface area contributed by atoms with Gasteiger partial charge in [-0.15, -0.1) is 0 Å². The highest BCUT2D eigenvalue weighted by Crippen LogP contribution is 2.30. The van der Waals surface area contributed by atoms with E-state index in [0.29, 0.717) is 17.1 Å². The SMILES string of the molecule is Cc1nn(C)c(Oc2ccccc2N)c1C(N)=O. The molecule has 1 aromatic carbocycles. The van der Waals surface area contributed by atoms with Gasteiger partial charge >= 0.3 is 0 Å². The minimum absolute atomic E-state index is 0.265. The molecule has 0 unspecified atom stereocenters. The third-order valence-electron chi connectivity index (χ3n) is 2.54. The summed E-state index contributed by atoms with van der Waals surface area (Å²) in [6.07, 6.45) is 0. The predicted molar refractivity (Wildman–Crippen MR) is 67.4 cm³/mol. The van der Waals surface area contributed by atoms with E-state index >= 15 is 0 Å². The van der Waals surface area contributed by atoms with Crippen LogP contribution in [-0.4, -0.2) is 15.7 Å². The molecule has 1 heterocycles. The lowest BCUT2D eigenvalue weighted by molar-refractivity contribution is 0.0997. The van der Waals surface area contributed by atoms with E-state index in [-0.39, 0.29) is 11.4 Å². The third-order valence-corrected chi connectivity index (χ3v) is 2.54. The second kappa shape index (κ2) is 4.40. The quantitative estimate of drug-likeness (QED) is 0.795. The van der Waals surface area contributed by atoms with Gasteiger partial charge in [0, 0.05) is 7.05 Å². The second-order valence-electron chi connectivity index (χ2n) is 3.89. The van der Waals surface area contributed by atoms with E-state index in [4.69, 9.17) is 16.2 Å². The molecule has 6 heteroatoms. The zero-order valence-electron chi connectivity index (χ0n) is 10.2. The van der Waals surface area contributed by atoms with Crippen molar-refractivity contribution in [1.82, 2.24) is 9.78 Å². The van der Waals surface area contributed by atoms with Crippen LogP contribution in [-0.2, 0) is 7.05 Å². The number of carbonyl (C=O) groups excluding carboxylic acids is 1. The zero-order valence-corrected chi connectivity index (χ0v) is 10.2. The van der Waals surface area contributed by atoms with Gasteiger partial charge in [-0.1, -0.05) is 12.1 Å². The topological polar surface area (TPSA) is 96.2 Å². The Labute approximate surface area is 104 Å². The van der Waals surface area contributed by atoms with Crippen LogP contribution in [0, 0.1) is 6.92 Å². The minimum Gasteiger partial charge on any atom is -0.436 e. The summed E-state index contributed by atoms with van der Waals surface area (Å²) in [5.74, 6) is 0.172. The molecular weight excluding hydrogens is 232 g/mol. The molecule has 1 amide bonds. The van der Waals surface area contributed by atoms with E-state index in [1.807, 2.05) is 0 Å². The first-order chi connectivity index (χ1) is 8.50. The van der Waals surface area contributed by atoms with Crippen molar-refractivity contribution in [1.29, 1.82) is 0 Å². The van der Waals surface area contributed by atoms with Crippen molar-refractivity contribution in [3.8, 4) is 11.6 Å². The normalized spacial score (nSPS) is 10.3. The lowest BCUT2D eigenvalue weighted by Crippen LogP contribution is -2.13. The predicted octanol–water partition coefficient (Wildman–Crippen LogP) is 1.20. The molecule has 0 aliphatic rings. The molecule has 0 radical (unpaired) electrons. The number of rotatable bonds is 3. The largest absolute Gasteiger partial charge is 0.436 e. The number of aromatic nitrogens is 2. The first-order valence-electron chi connectivity index (χ1n) is 5.36. The van der Waals surface area contributed by atoms with Crippen LogP contribution in [0.25, 0.3) is 0 Å². The van der Waals surface area contributed by atoms with Gasteiger partial charge in [-0.2, -0.15) is 5.10 Å². The maximum absolute atomic E-state index is 11.4. The monoisotopic (exact) mass is 246 g/mol. The third kappa shape index (κ3) is 2.00. The van der Waals surface area contributed by atoms with Crippen LogP contribution in [0.3, 0.4) is 0 Å². The molecule has 0 fully saturated rings. The van der Waals surface area contributed by atoms with Crippen LogP contribution in [0.2, 0.25) is 0 Å². The number of nitrogens with zero attached hydrogens (tertiary/aromatic N) is 2. The van der Waals surface area contributed by atoms with Crippen molar-refractivity contribution in [2.24, 2.45) is 12.8 Å². The number of ether oxygens (including phenoxy) is 1. The number of anilines is 1. The summed E-state index contributed by atoms with van der Waals surface area (Å²) in [4.78, 5) is 11.4. The standard InChI is InChI=1S/C12H14N4O2/c1-7-10(11(14)17)12(16(2)15-7)18-9-6-4-3-5-8(9)13/h3-6H,13H2,1-2H3,(H2,14,17). The summed E-state index contributed by atoms with van der Waals surface area (Å²) in [6.45, 7) is 1.70. The van der Waals surface area contributed by atoms with Gasteiger partial charge in [0.15, 0.2) is 5.75 Å². The average Bonchev–Trinajstić information content (AvgIpc) is 2.57. The molecule has 0 saturated carbocycles. The fourth-order valence-corrected chi connectivity index (χ4v) is 1.72. The van der Waals surface area contributed by atoms with Crippen LogP contribution in [0.5, 0.6) is 11.6 Å². The molecule has 1 aromatic heterocycles. The van der Waals surface area contributed by atoms with E-state index in [1.165, 1.54) is 4.68 Å². The molecule has 0 aliphatic heterocycles. The summed E-state index contributed by atoms with van der Waals surface area (Å²) < 4.78 is 7.09. The van der Waals surface area contributed by atoms with Gasteiger partial charge in [-0.3, -0.25) is 4.79 Å². The number of aryl methyl sites for hydroxylation is 2. The molecule has 0 spiro atoms. The van der Waals surface area contributed by atoms with Gasteiger partial charge in [-0.05, 0) is 19.1 Å². The molecular formula is C12H14N4O2. The smallest absolute Gasteiger partial charge is 0.256 e. The first kappa shape index (κ1) is 12.0. The van der Waals surface area contributed by atoms with Crippen molar-refractivity contribution >= 4 is 11.6 Å². The Kier molecular flexibility index (Phi) is 2.93. The molecule has 2 rings (SSSR count). The zero-order chi connectivity index (χ0) is 13.3. The first-order valence-corrected chi connectivity index (χ1v) is 5.36. The number of benzene rings is 1. The van der Waals surface area contributed by atoms with Gasteiger partial charge in [0.25, 0.3) is 5.91 Å². The molecule has 0 saturated heterocycles. The van der Waals surface area contributed by atoms with Crippen LogP contribution >= 0.6 is 0 Å². The summed E-state index contributed by atoms with van der Waals surface area (Å²) >= 11 is 0. The number of nitrogens with two attached hydrogens (primary N) is 2. The van der Waals surface area contributed by atoms with Crippen molar-refractivity contribution in [3.05, 3.63) is 35.5 Å². The van der Waals surface area contributed by atoms with Gasteiger partial charge in [-0.25, -0.2) is 4.68 Å².